The van der Waals surface area contributed by atoms with Gasteiger partial charge in [0, 0.05) is 16.5 Å². The maximum Gasteiger partial charge on any atom is 0.0661 e. The van der Waals surface area contributed by atoms with Crippen molar-refractivity contribution >= 4 is 23.4 Å². The van der Waals surface area contributed by atoms with Crippen LogP contribution in [0.4, 0.5) is 0 Å². The van der Waals surface area contributed by atoms with Crippen molar-refractivity contribution in [3.63, 3.8) is 0 Å². The summed E-state index contributed by atoms with van der Waals surface area (Å²) in [4.78, 5) is 1.19. The van der Waals surface area contributed by atoms with Crippen molar-refractivity contribution in [3.8, 4) is 6.07 Å². The van der Waals surface area contributed by atoms with Crippen LogP contribution >= 0.6 is 23.4 Å². The van der Waals surface area contributed by atoms with Crippen LogP contribution in [-0.2, 0) is 5.88 Å². The van der Waals surface area contributed by atoms with E-state index in [1.165, 1.54) is 4.90 Å². The highest BCUT2D eigenvalue weighted by Gasteiger charge is 2.01. The number of alkyl halides is 1. The zero-order valence-corrected chi connectivity index (χ0v) is 9.61. The van der Waals surface area contributed by atoms with E-state index >= 15 is 0 Å². The molecule has 1 nitrogen and oxygen atoms in total. The Labute approximate surface area is 94.1 Å². The Kier molecular flexibility index (Phi) is 4.86. The fourth-order valence-electron chi connectivity index (χ4n) is 0.977. The molecular weight excluding hydrogens is 214 g/mol. The van der Waals surface area contributed by atoms with Crippen LogP contribution in [0.3, 0.4) is 0 Å². The summed E-state index contributed by atoms with van der Waals surface area (Å²) in [6, 6.07) is 10.3. The number of nitrogens with zero attached hydrogens (tertiary/aromatic N) is 1. The zero-order valence-electron chi connectivity index (χ0n) is 8.03. The van der Waals surface area contributed by atoms with Gasteiger partial charge in [-0.3, -0.25) is 0 Å². The topological polar surface area (TPSA) is 23.8 Å². The molecule has 14 heavy (non-hydrogen) atoms. The van der Waals surface area contributed by atoms with Crippen molar-refractivity contribution in [2.75, 3.05) is 5.75 Å². The molecule has 0 spiro atoms. The molecule has 0 aliphatic carbocycles. The Morgan fingerprint density at radius 2 is 2.36 bits per heavy atom. The fraction of sp³-hybridized carbons (Fsp3) is 0.364. The zero-order chi connectivity index (χ0) is 10.4. The standard InChI is InChI=1S/C11H12ClNS/c1-9(7-13)8-14-11-4-2-3-10(5-11)6-12/h2-5,9H,6,8H2,1H3. The minimum Gasteiger partial charge on any atom is -0.198 e. The van der Waals surface area contributed by atoms with E-state index in [1.807, 2.05) is 25.1 Å². The highest BCUT2D eigenvalue weighted by atomic mass is 35.5. The molecule has 0 bridgehead atoms. The van der Waals surface area contributed by atoms with Crippen molar-refractivity contribution in [1.82, 2.24) is 0 Å². The van der Waals surface area contributed by atoms with Gasteiger partial charge in [0.25, 0.3) is 0 Å². The second-order valence-electron chi connectivity index (χ2n) is 3.12. The van der Waals surface area contributed by atoms with E-state index in [0.717, 1.165) is 11.3 Å². The smallest absolute Gasteiger partial charge is 0.0661 e. The van der Waals surface area contributed by atoms with Crippen LogP contribution in [0.2, 0.25) is 0 Å². The van der Waals surface area contributed by atoms with E-state index in [4.69, 9.17) is 16.9 Å². The molecule has 1 aromatic carbocycles. The monoisotopic (exact) mass is 225 g/mol. The minimum absolute atomic E-state index is 0.0969. The molecule has 3 heteroatoms. The lowest BCUT2D eigenvalue weighted by Crippen LogP contribution is -1.93. The summed E-state index contributed by atoms with van der Waals surface area (Å²) < 4.78 is 0. The summed E-state index contributed by atoms with van der Waals surface area (Å²) in [5.74, 6) is 1.48. The molecule has 1 unspecified atom stereocenters. The summed E-state index contributed by atoms with van der Waals surface area (Å²) in [6.07, 6.45) is 0. The Hall–Kier alpha value is -0.650. The lowest BCUT2D eigenvalue weighted by atomic mass is 10.2. The third-order valence-corrected chi connectivity index (χ3v) is 3.34. The lowest BCUT2D eigenvalue weighted by molar-refractivity contribution is 0.864. The molecule has 0 radical (unpaired) electrons. The van der Waals surface area contributed by atoms with Gasteiger partial charge in [0.05, 0.1) is 12.0 Å². The van der Waals surface area contributed by atoms with Gasteiger partial charge in [-0.25, -0.2) is 0 Å². The fourth-order valence-corrected chi connectivity index (χ4v) is 2.07. The molecule has 0 N–H and O–H groups in total. The largest absolute Gasteiger partial charge is 0.198 e. The van der Waals surface area contributed by atoms with E-state index in [1.54, 1.807) is 11.8 Å². The van der Waals surface area contributed by atoms with E-state index in [2.05, 4.69) is 12.1 Å². The number of rotatable bonds is 4. The normalized spacial score (nSPS) is 12.1. The van der Waals surface area contributed by atoms with Gasteiger partial charge in [0.1, 0.15) is 0 Å². The lowest BCUT2D eigenvalue weighted by Gasteiger charge is -2.03. The molecule has 0 fully saturated rings. The van der Waals surface area contributed by atoms with Gasteiger partial charge in [-0.05, 0) is 24.6 Å². The van der Waals surface area contributed by atoms with Gasteiger partial charge in [0.15, 0.2) is 0 Å². The Morgan fingerprint density at radius 1 is 1.57 bits per heavy atom. The third kappa shape index (κ3) is 3.61. The van der Waals surface area contributed by atoms with Crippen LogP contribution in [0.15, 0.2) is 29.2 Å². The van der Waals surface area contributed by atoms with Crippen molar-refractivity contribution in [1.29, 1.82) is 5.26 Å². The van der Waals surface area contributed by atoms with E-state index in [-0.39, 0.29) is 5.92 Å². The Balaban J connectivity index is 2.55. The molecule has 1 atom stereocenters. The second kappa shape index (κ2) is 5.95. The van der Waals surface area contributed by atoms with E-state index in [0.29, 0.717) is 5.88 Å². The highest BCUT2D eigenvalue weighted by molar-refractivity contribution is 7.99. The van der Waals surface area contributed by atoms with Crippen molar-refractivity contribution in [3.05, 3.63) is 29.8 Å². The molecular formula is C11H12ClNS. The van der Waals surface area contributed by atoms with Crippen LogP contribution in [0.1, 0.15) is 12.5 Å². The molecule has 0 saturated heterocycles. The molecule has 0 aliphatic heterocycles. The molecule has 1 aromatic rings. The molecule has 1 rings (SSSR count). The SMILES string of the molecule is CC(C#N)CSc1cccc(CCl)c1. The number of hydrogen-bond acceptors (Lipinski definition) is 2. The minimum atomic E-state index is 0.0969. The van der Waals surface area contributed by atoms with Crippen LogP contribution in [0.25, 0.3) is 0 Å². The van der Waals surface area contributed by atoms with Crippen LogP contribution in [-0.4, -0.2) is 5.75 Å². The van der Waals surface area contributed by atoms with Crippen LogP contribution < -0.4 is 0 Å². The van der Waals surface area contributed by atoms with Gasteiger partial charge in [0.2, 0.25) is 0 Å². The van der Waals surface area contributed by atoms with Crippen molar-refractivity contribution < 1.29 is 0 Å². The van der Waals surface area contributed by atoms with Gasteiger partial charge in [-0.2, -0.15) is 5.26 Å². The first-order valence-corrected chi connectivity index (χ1v) is 5.95. The summed E-state index contributed by atoms with van der Waals surface area (Å²) in [5, 5.41) is 8.63. The average molecular weight is 226 g/mol. The summed E-state index contributed by atoms with van der Waals surface area (Å²) in [5.41, 5.74) is 1.13. The van der Waals surface area contributed by atoms with E-state index in [9.17, 15) is 0 Å². The Morgan fingerprint density at radius 3 is 3.00 bits per heavy atom. The number of benzene rings is 1. The Bertz CT molecular complexity index is 332. The number of halogens is 1. The summed E-state index contributed by atoms with van der Waals surface area (Å²) >= 11 is 7.43. The maximum atomic E-state index is 8.63. The first kappa shape index (κ1) is 11.4. The van der Waals surface area contributed by atoms with Gasteiger partial charge >= 0.3 is 0 Å². The first-order chi connectivity index (χ1) is 6.76. The predicted molar refractivity (Wildman–Crippen MR) is 61.5 cm³/mol. The van der Waals surface area contributed by atoms with Crippen molar-refractivity contribution in [2.24, 2.45) is 5.92 Å². The number of thioether (sulfide) groups is 1. The quantitative estimate of drug-likeness (QED) is 0.577. The van der Waals surface area contributed by atoms with Gasteiger partial charge in [-0.1, -0.05) is 12.1 Å². The molecule has 0 aromatic heterocycles. The summed E-state index contributed by atoms with van der Waals surface area (Å²) in [7, 11) is 0. The molecule has 0 saturated carbocycles. The average Bonchev–Trinajstić information content (AvgIpc) is 2.26. The second-order valence-corrected chi connectivity index (χ2v) is 4.48. The molecule has 0 aliphatic rings. The molecule has 74 valence electrons. The number of nitriles is 1. The molecule has 0 heterocycles. The predicted octanol–water partition coefficient (Wildman–Crippen LogP) is 3.68. The van der Waals surface area contributed by atoms with Crippen molar-refractivity contribution in [2.45, 2.75) is 17.7 Å². The van der Waals surface area contributed by atoms with E-state index < -0.39 is 0 Å². The number of hydrogen-bond donors (Lipinski definition) is 0. The van der Waals surface area contributed by atoms with Crippen LogP contribution in [0, 0.1) is 17.2 Å². The van der Waals surface area contributed by atoms with Gasteiger partial charge < -0.3 is 0 Å². The first-order valence-electron chi connectivity index (χ1n) is 4.43. The van der Waals surface area contributed by atoms with Gasteiger partial charge in [-0.15, -0.1) is 23.4 Å². The highest BCUT2D eigenvalue weighted by Crippen LogP contribution is 2.22. The van der Waals surface area contributed by atoms with Crippen LogP contribution in [0.5, 0.6) is 0 Å². The summed E-state index contributed by atoms with van der Waals surface area (Å²) in [6.45, 7) is 1.93. The molecule has 0 amide bonds. The maximum absolute atomic E-state index is 8.63. The third-order valence-electron chi connectivity index (χ3n) is 1.77.